The van der Waals surface area contributed by atoms with E-state index in [-0.39, 0.29) is 13.0 Å². The van der Waals surface area contributed by atoms with Crippen LogP contribution in [0.3, 0.4) is 0 Å². The van der Waals surface area contributed by atoms with Crippen LogP contribution in [0.5, 0.6) is 0 Å². The van der Waals surface area contributed by atoms with Crippen molar-refractivity contribution in [2.24, 2.45) is 0 Å². The number of amides is 1. The molecule has 3 rings (SSSR count). The molecule has 1 atom stereocenters. The Kier molecular flexibility index (Phi) is 3.37. The standard InChI is InChI=1S/C14H11ClFNO3S/c15-11-5-1-3-9-4-2-6-12(14(9)11)17-8-10(7-13(17)18)21(16,19)20/h1-6,10H,7-8H2. The van der Waals surface area contributed by atoms with Gasteiger partial charge in [0.15, 0.2) is 0 Å². The molecule has 1 heterocycles. The molecule has 0 radical (unpaired) electrons. The minimum absolute atomic E-state index is 0.192. The SMILES string of the molecule is O=C1CC(S(=O)(=O)F)CN1c1cccc2cccc(Cl)c12. The van der Waals surface area contributed by atoms with Gasteiger partial charge in [-0.15, -0.1) is 3.89 Å². The van der Waals surface area contributed by atoms with Gasteiger partial charge in [0.05, 0.1) is 10.7 Å². The largest absolute Gasteiger partial charge is 0.310 e. The van der Waals surface area contributed by atoms with Crippen LogP contribution in [0.15, 0.2) is 36.4 Å². The maximum absolute atomic E-state index is 13.1. The number of hydrogen-bond donors (Lipinski definition) is 0. The molecule has 1 aliphatic heterocycles. The van der Waals surface area contributed by atoms with Gasteiger partial charge in [-0.1, -0.05) is 35.9 Å². The fraction of sp³-hybridized carbons (Fsp3) is 0.214. The van der Waals surface area contributed by atoms with Crippen LogP contribution >= 0.6 is 11.6 Å². The van der Waals surface area contributed by atoms with Gasteiger partial charge in [0.25, 0.3) is 0 Å². The number of nitrogens with zero attached hydrogens (tertiary/aromatic N) is 1. The fourth-order valence-electron chi connectivity index (χ4n) is 2.60. The van der Waals surface area contributed by atoms with Crippen molar-refractivity contribution in [2.45, 2.75) is 11.7 Å². The van der Waals surface area contributed by atoms with Crippen molar-refractivity contribution in [3.63, 3.8) is 0 Å². The number of halogens is 2. The lowest BCUT2D eigenvalue weighted by atomic mass is 10.1. The molecule has 0 bridgehead atoms. The fourth-order valence-corrected chi connectivity index (χ4v) is 3.54. The quantitative estimate of drug-likeness (QED) is 0.797. The average molecular weight is 328 g/mol. The lowest BCUT2D eigenvalue weighted by Crippen LogP contribution is -2.27. The molecule has 0 N–H and O–H groups in total. The molecule has 1 saturated heterocycles. The van der Waals surface area contributed by atoms with E-state index in [9.17, 15) is 17.1 Å². The Hall–Kier alpha value is -1.66. The second-order valence-corrected chi connectivity index (χ2v) is 6.95. The molecular weight excluding hydrogens is 317 g/mol. The summed E-state index contributed by atoms with van der Waals surface area (Å²) in [7, 11) is -4.74. The summed E-state index contributed by atoms with van der Waals surface area (Å²) >= 11 is 6.18. The van der Waals surface area contributed by atoms with Gasteiger partial charge in [0, 0.05) is 18.4 Å². The Morgan fingerprint density at radius 3 is 2.48 bits per heavy atom. The van der Waals surface area contributed by atoms with E-state index in [1.807, 2.05) is 12.1 Å². The van der Waals surface area contributed by atoms with Crippen molar-refractivity contribution in [1.29, 1.82) is 0 Å². The van der Waals surface area contributed by atoms with Gasteiger partial charge in [0.2, 0.25) is 5.91 Å². The summed E-state index contributed by atoms with van der Waals surface area (Å²) in [6.45, 7) is -0.192. The maximum Gasteiger partial charge on any atom is 0.307 e. The lowest BCUT2D eigenvalue weighted by molar-refractivity contribution is -0.117. The third-order valence-corrected chi connectivity index (χ3v) is 5.04. The molecule has 1 amide bonds. The first kappa shape index (κ1) is 14.3. The van der Waals surface area contributed by atoms with Crippen LogP contribution in [0, 0.1) is 0 Å². The summed E-state index contributed by atoms with van der Waals surface area (Å²) in [5.41, 5.74) is 0.509. The topological polar surface area (TPSA) is 54.5 Å². The number of carbonyl (C=O) groups is 1. The summed E-state index contributed by atoms with van der Waals surface area (Å²) in [6, 6.07) is 10.6. The van der Waals surface area contributed by atoms with E-state index in [0.29, 0.717) is 16.1 Å². The summed E-state index contributed by atoms with van der Waals surface area (Å²) < 4.78 is 35.1. The Balaban J connectivity index is 2.12. The zero-order valence-corrected chi connectivity index (χ0v) is 12.4. The monoisotopic (exact) mass is 327 g/mol. The third-order valence-electron chi connectivity index (χ3n) is 3.61. The van der Waals surface area contributed by atoms with E-state index in [4.69, 9.17) is 11.6 Å². The van der Waals surface area contributed by atoms with Crippen LogP contribution in [0.4, 0.5) is 9.57 Å². The van der Waals surface area contributed by atoms with E-state index >= 15 is 0 Å². The molecular formula is C14H11ClFNO3S. The molecule has 2 aromatic carbocycles. The Morgan fingerprint density at radius 2 is 1.86 bits per heavy atom. The van der Waals surface area contributed by atoms with Crippen LogP contribution < -0.4 is 4.90 Å². The van der Waals surface area contributed by atoms with Gasteiger partial charge < -0.3 is 4.90 Å². The first-order valence-electron chi connectivity index (χ1n) is 6.29. The van der Waals surface area contributed by atoms with Gasteiger partial charge in [-0.3, -0.25) is 4.79 Å². The van der Waals surface area contributed by atoms with Gasteiger partial charge in [-0.2, -0.15) is 8.42 Å². The number of carbonyl (C=O) groups excluding carboxylic acids is 1. The molecule has 0 aromatic heterocycles. The Labute approximate surface area is 126 Å². The summed E-state index contributed by atoms with van der Waals surface area (Å²) in [6.07, 6.45) is -0.348. The van der Waals surface area contributed by atoms with Crippen LogP contribution in [0.1, 0.15) is 6.42 Å². The summed E-state index contributed by atoms with van der Waals surface area (Å²) in [5.74, 6) is -0.423. The molecule has 4 nitrogen and oxygen atoms in total. The number of hydrogen-bond acceptors (Lipinski definition) is 3. The highest BCUT2D eigenvalue weighted by molar-refractivity contribution is 7.87. The van der Waals surface area contributed by atoms with E-state index in [0.717, 1.165) is 5.39 Å². The van der Waals surface area contributed by atoms with Crippen LogP contribution in [-0.2, 0) is 15.0 Å². The second kappa shape index (κ2) is 4.96. The van der Waals surface area contributed by atoms with Crippen LogP contribution in [0.25, 0.3) is 10.8 Å². The van der Waals surface area contributed by atoms with E-state index in [1.54, 1.807) is 24.3 Å². The van der Waals surface area contributed by atoms with Crippen molar-refractivity contribution < 1.29 is 17.1 Å². The third kappa shape index (κ3) is 2.49. The normalized spacial score (nSPS) is 19.4. The second-order valence-electron chi connectivity index (χ2n) is 4.92. The van der Waals surface area contributed by atoms with Crippen molar-refractivity contribution in [2.75, 3.05) is 11.4 Å². The molecule has 110 valence electrons. The highest BCUT2D eigenvalue weighted by Gasteiger charge is 2.39. The molecule has 0 spiro atoms. The lowest BCUT2D eigenvalue weighted by Gasteiger charge is -2.19. The molecule has 7 heteroatoms. The zero-order valence-electron chi connectivity index (χ0n) is 10.8. The summed E-state index contributed by atoms with van der Waals surface area (Å²) in [5, 5.41) is 0.636. The van der Waals surface area contributed by atoms with Crippen molar-refractivity contribution in [3.8, 4) is 0 Å². The van der Waals surface area contributed by atoms with E-state index in [1.165, 1.54) is 4.90 Å². The average Bonchev–Trinajstić information content (AvgIpc) is 2.80. The van der Waals surface area contributed by atoms with E-state index < -0.39 is 21.4 Å². The molecule has 0 saturated carbocycles. The highest BCUT2D eigenvalue weighted by Crippen LogP contribution is 2.35. The Morgan fingerprint density at radius 1 is 1.19 bits per heavy atom. The number of anilines is 1. The molecule has 1 aliphatic rings. The van der Waals surface area contributed by atoms with Gasteiger partial charge in [-0.05, 0) is 17.5 Å². The minimum Gasteiger partial charge on any atom is -0.310 e. The minimum atomic E-state index is -4.74. The van der Waals surface area contributed by atoms with Crippen molar-refractivity contribution >= 4 is 44.2 Å². The van der Waals surface area contributed by atoms with Crippen LogP contribution in [-0.4, -0.2) is 26.1 Å². The summed E-state index contributed by atoms with van der Waals surface area (Å²) in [4.78, 5) is 13.3. The zero-order chi connectivity index (χ0) is 15.2. The molecule has 1 fully saturated rings. The first-order chi connectivity index (χ1) is 9.88. The van der Waals surface area contributed by atoms with Crippen LogP contribution in [0.2, 0.25) is 5.02 Å². The number of benzene rings is 2. The highest BCUT2D eigenvalue weighted by atomic mass is 35.5. The Bertz CT molecular complexity index is 832. The predicted octanol–water partition coefficient (Wildman–Crippen LogP) is 2.90. The molecule has 21 heavy (non-hydrogen) atoms. The molecule has 1 unspecified atom stereocenters. The maximum atomic E-state index is 13.1. The number of fused-ring (bicyclic) bond motifs is 1. The van der Waals surface area contributed by atoms with E-state index in [2.05, 4.69) is 0 Å². The first-order valence-corrected chi connectivity index (χ1v) is 8.11. The smallest absolute Gasteiger partial charge is 0.307 e. The molecule has 2 aromatic rings. The van der Waals surface area contributed by atoms with Gasteiger partial charge in [-0.25, -0.2) is 0 Å². The van der Waals surface area contributed by atoms with Crippen molar-refractivity contribution in [1.82, 2.24) is 0 Å². The number of rotatable bonds is 2. The van der Waals surface area contributed by atoms with Crippen molar-refractivity contribution in [3.05, 3.63) is 41.4 Å². The predicted molar refractivity (Wildman–Crippen MR) is 79.7 cm³/mol. The van der Waals surface area contributed by atoms with Gasteiger partial charge in [0.1, 0.15) is 5.25 Å². The van der Waals surface area contributed by atoms with Gasteiger partial charge >= 0.3 is 10.2 Å². The molecule has 0 aliphatic carbocycles.